The lowest BCUT2D eigenvalue weighted by atomic mass is 9.87. The van der Waals surface area contributed by atoms with Crippen LogP contribution in [0.1, 0.15) is 133 Å². The molecule has 0 radical (unpaired) electrons. The van der Waals surface area contributed by atoms with E-state index in [1.807, 2.05) is 42.5 Å². The highest BCUT2D eigenvalue weighted by Gasteiger charge is 2.31. The summed E-state index contributed by atoms with van der Waals surface area (Å²) in [6.45, 7) is 6.82. The van der Waals surface area contributed by atoms with Crippen molar-refractivity contribution in [3.8, 4) is 0 Å². The lowest BCUT2D eigenvalue weighted by Gasteiger charge is -2.16. The molecule has 270 valence electrons. The van der Waals surface area contributed by atoms with Crippen LogP contribution >= 0.6 is 0 Å². The van der Waals surface area contributed by atoms with Crippen LogP contribution in [0.5, 0.6) is 0 Å². The smallest absolute Gasteiger partial charge is 0.337 e. The van der Waals surface area contributed by atoms with E-state index in [1.54, 1.807) is 0 Å². The molecule has 5 aliphatic rings. The largest absolute Gasteiger partial charge is 0.465 e. The lowest BCUT2D eigenvalue weighted by Crippen LogP contribution is -2.08. The van der Waals surface area contributed by atoms with Crippen molar-refractivity contribution in [3.63, 3.8) is 0 Å². The molecule has 0 aromatic heterocycles. The highest BCUT2D eigenvalue weighted by atomic mass is 16.5. The van der Waals surface area contributed by atoms with Gasteiger partial charge in [0.15, 0.2) is 0 Å². The molecule has 8 bridgehead atoms. The van der Waals surface area contributed by atoms with Crippen molar-refractivity contribution in [3.05, 3.63) is 124 Å². The predicted molar refractivity (Wildman–Crippen MR) is 218 cm³/mol. The molecule has 0 unspecified atom stereocenters. The predicted octanol–water partition coefficient (Wildman–Crippen LogP) is 11.9. The van der Waals surface area contributed by atoms with Gasteiger partial charge in [-0.05, 0) is 116 Å². The topological polar surface area (TPSA) is 75.7 Å². The van der Waals surface area contributed by atoms with Gasteiger partial charge in [-0.15, -0.1) is 0 Å². The van der Waals surface area contributed by atoms with Crippen LogP contribution in [0.15, 0.2) is 132 Å². The number of hydrogen-bond donors (Lipinski definition) is 0. The van der Waals surface area contributed by atoms with Crippen LogP contribution in [0.25, 0.3) is 5.57 Å². The molecule has 0 saturated heterocycles. The molecule has 0 fully saturated rings. The third-order valence-electron chi connectivity index (χ3n) is 10.3. The average molecular weight is 695 g/mol. The number of ether oxygens (including phenoxy) is 1. The standard InChI is InChI=1S/C46H54N4O2/c1-5-8-11-14-17-38-39(18-15-12-9-6-2)45-43(32-20-22-33(23-21-32)46(51)52-4)42-29-27-37(49-42)31-35-25-24-34(47-35)30-36-26-28-41(48-36)40(44(38)50-45)19-16-13-10-7-3/h20-31H,5-19H2,1-4H3. The van der Waals surface area contributed by atoms with Gasteiger partial charge in [0.25, 0.3) is 0 Å². The maximum atomic E-state index is 12.5. The first-order valence-electron chi connectivity index (χ1n) is 19.7. The van der Waals surface area contributed by atoms with Gasteiger partial charge in [0.2, 0.25) is 0 Å². The number of carbonyl (C=O) groups is 1. The van der Waals surface area contributed by atoms with Gasteiger partial charge in [0.1, 0.15) is 0 Å². The minimum Gasteiger partial charge on any atom is -0.465 e. The van der Waals surface area contributed by atoms with Gasteiger partial charge in [-0.3, -0.25) is 0 Å². The number of allylic oxidation sites excluding steroid dienone is 12. The second-order valence-corrected chi connectivity index (χ2v) is 14.2. The van der Waals surface area contributed by atoms with E-state index >= 15 is 0 Å². The highest BCUT2D eigenvalue weighted by molar-refractivity contribution is 6.33. The normalized spacial score (nSPS) is 17.5. The number of nitrogens with zero attached hydrogens (tertiary/aromatic N) is 4. The molecule has 5 aliphatic heterocycles. The Hall–Kier alpha value is -4.71. The summed E-state index contributed by atoms with van der Waals surface area (Å²) in [5.74, 6) is -0.347. The first kappa shape index (κ1) is 37.1. The van der Waals surface area contributed by atoms with E-state index in [0.29, 0.717) is 5.56 Å². The zero-order valence-electron chi connectivity index (χ0n) is 31.6. The van der Waals surface area contributed by atoms with Crippen molar-refractivity contribution in [1.29, 1.82) is 0 Å². The Morgan fingerprint density at radius 2 is 1.15 bits per heavy atom. The number of methoxy groups -OCH3 is 1. The Balaban J connectivity index is 1.62. The Bertz CT molecular complexity index is 1910. The molecule has 0 amide bonds. The van der Waals surface area contributed by atoms with Crippen LogP contribution in [0.4, 0.5) is 0 Å². The van der Waals surface area contributed by atoms with Crippen molar-refractivity contribution in [2.24, 2.45) is 20.0 Å². The zero-order valence-corrected chi connectivity index (χ0v) is 31.6. The zero-order chi connectivity index (χ0) is 36.3. The van der Waals surface area contributed by atoms with Gasteiger partial charge in [0, 0.05) is 11.1 Å². The van der Waals surface area contributed by atoms with Crippen molar-refractivity contribution in [2.75, 3.05) is 7.11 Å². The number of unbranched alkanes of at least 4 members (excludes halogenated alkanes) is 9. The Labute approximate surface area is 310 Å². The first-order valence-corrected chi connectivity index (χ1v) is 19.7. The molecule has 0 aliphatic carbocycles. The second-order valence-electron chi connectivity index (χ2n) is 14.2. The van der Waals surface area contributed by atoms with E-state index < -0.39 is 0 Å². The Morgan fingerprint density at radius 1 is 0.577 bits per heavy atom. The fraction of sp³-hybridized carbons (Fsp3) is 0.413. The highest BCUT2D eigenvalue weighted by Crippen LogP contribution is 2.42. The van der Waals surface area contributed by atoms with E-state index in [9.17, 15) is 4.79 Å². The van der Waals surface area contributed by atoms with Gasteiger partial charge >= 0.3 is 5.97 Å². The summed E-state index contributed by atoms with van der Waals surface area (Å²) in [5, 5.41) is 0. The van der Waals surface area contributed by atoms with E-state index in [4.69, 9.17) is 24.7 Å². The summed E-state index contributed by atoms with van der Waals surface area (Å²) in [7, 11) is 1.42. The van der Waals surface area contributed by atoms with Gasteiger partial charge in [-0.2, -0.15) is 0 Å². The van der Waals surface area contributed by atoms with Gasteiger partial charge in [0.05, 0.1) is 58.3 Å². The summed E-state index contributed by atoms with van der Waals surface area (Å²) in [5.41, 5.74) is 14.0. The van der Waals surface area contributed by atoms with E-state index in [0.717, 1.165) is 95.3 Å². The summed E-state index contributed by atoms with van der Waals surface area (Å²) in [6.07, 6.45) is 33.7. The molecule has 1 aromatic carbocycles. The summed E-state index contributed by atoms with van der Waals surface area (Å²) in [4.78, 5) is 33.6. The molecule has 52 heavy (non-hydrogen) atoms. The molecular formula is C46H54N4O2. The van der Waals surface area contributed by atoms with Crippen molar-refractivity contribution in [1.82, 2.24) is 0 Å². The number of fused-ring (bicyclic) bond motifs is 4. The summed E-state index contributed by atoms with van der Waals surface area (Å²) in [6, 6.07) is 7.75. The molecule has 0 N–H and O–H groups in total. The summed E-state index contributed by atoms with van der Waals surface area (Å²) >= 11 is 0. The lowest BCUT2D eigenvalue weighted by molar-refractivity contribution is 0.0600. The molecule has 6 rings (SSSR count). The van der Waals surface area contributed by atoms with Crippen LogP contribution in [0.2, 0.25) is 0 Å². The van der Waals surface area contributed by atoms with Crippen LogP contribution in [-0.2, 0) is 4.74 Å². The molecule has 5 heterocycles. The van der Waals surface area contributed by atoms with Gasteiger partial charge in [-0.1, -0.05) is 90.7 Å². The third-order valence-corrected chi connectivity index (χ3v) is 10.3. The number of benzene rings is 1. The van der Waals surface area contributed by atoms with E-state index in [1.165, 1.54) is 81.6 Å². The van der Waals surface area contributed by atoms with E-state index in [-0.39, 0.29) is 5.97 Å². The number of esters is 1. The maximum Gasteiger partial charge on any atom is 0.337 e. The van der Waals surface area contributed by atoms with Gasteiger partial charge in [-0.25, -0.2) is 24.8 Å². The average Bonchev–Trinajstić information content (AvgIpc) is 3.98. The minimum atomic E-state index is -0.347. The van der Waals surface area contributed by atoms with Crippen molar-refractivity contribution in [2.45, 2.75) is 117 Å². The number of aliphatic imine (C=N–C) groups is 4. The van der Waals surface area contributed by atoms with Gasteiger partial charge < -0.3 is 4.74 Å². The Kier molecular flexibility index (Phi) is 12.9. The molecule has 6 nitrogen and oxygen atoms in total. The Morgan fingerprint density at radius 3 is 1.81 bits per heavy atom. The fourth-order valence-electron chi connectivity index (χ4n) is 7.46. The minimum absolute atomic E-state index is 0.347. The quantitative estimate of drug-likeness (QED) is 0.120. The molecular weight excluding hydrogens is 641 g/mol. The van der Waals surface area contributed by atoms with Crippen molar-refractivity contribution >= 4 is 34.4 Å². The van der Waals surface area contributed by atoms with Crippen LogP contribution < -0.4 is 0 Å². The second kappa shape index (κ2) is 18.2. The van der Waals surface area contributed by atoms with Crippen molar-refractivity contribution < 1.29 is 9.53 Å². The van der Waals surface area contributed by atoms with Crippen LogP contribution in [0, 0.1) is 0 Å². The SMILES string of the molecule is CCCCCCC1=C2C=CC(=N2)C=C2C=CC(=N2)C=C2C=CC(=N2)C(c2ccc(C(=O)OC)cc2)=C2N=C1C(CCCCCC)=C2CCCCCC. The number of hydrogen-bond acceptors (Lipinski definition) is 6. The summed E-state index contributed by atoms with van der Waals surface area (Å²) < 4.78 is 5.05. The molecule has 0 saturated carbocycles. The molecule has 1 aromatic rings. The number of carbonyl (C=O) groups excluding carboxylic acids is 1. The first-order chi connectivity index (χ1) is 25.5. The molecule has 0 spiro atoms. The van der Waals surface area contributed by atoms with E-state index in [2.05, 4.69) is 51.2 Å². The maximum absolute atomic E-state index is 12.5. The van der Waals surface area contributed by atoms with Crippen LogP contribution in [0.3, 0.4) is 0 Å². The molecule has 0 atom stereocenters. The number of rotatable bonds is 17. The third kappa shape index (κ3) is 8.83. The monoisotopic (exact) mass is 694 g/mol. The molecule has 6 heteroatoms. The fourth-order valence-corrected chi connectivity index (χ4v) is 7.46. The van der Waals surface area contributed by atoms with Crippen LogP contribution in [-0.4, -0.2) is 35.9 Å².